The number of carbonyl (C=O) groups is 1. The number of aryl methyl sites for hydroxylation is 1. The van der Waals surface area contributed by atoms with E-state index in [0.29, 0.717) is 5.92 Å². The molecule has 0 unspecified atom stereocenters. The summed E-state index contributed by atoms with van der Waals surface area (Å²) in [6.45, 7) is 6.26. The third-order valence-corrected chi connectivity index (χ3v) is 3.20. The van der Waals surface area contributed by atoms with Crippen LogP contribution >= 0.6 is 0 Å². The lowest BCUT2D eigenvalue weighted by atomic mass is 10.0. The van der Waals surface area contributed by atoms with Crippen molar-refractivity contribution in [3.05, 3.63) is 59.7 Å². The van der Waals surface area contributed by atoms with Crippen LogP contribution in [0.25, 0.3) is 0 Å². The average Bonchev–Trinajstić information content (AvgIpc) is 2.45. The molecule has 0 aliphatic rings. The number of hydrogen-bond donors (Lipinski definition) is 1. The summed E-state index contributed by atoms with van der Waals surface area (Å²) in [4.78, 5) is 11.9. The van der Waals surface area contributed by atoms with Crippen molar-refractivity contribution in [1.29, 1.82) is 0 Å². The topological polar surface area (TPSA) is 38.3 Å². The second kappa shape index (κ2) is 6.93. The van der Waals surface area contributed by atoms with Crippen molar-refractivity contribution >= 4 is 11.6 Å². The van der Waals surface area contributed by atoms with Gasteiger partial charge in [-0.3, -0.25) is 4.79 Å². The fraction of sp³-hybridized carbons (Fsp3) is 0.278. The fourth-order valence-electron chi connectivity index (χ4n) is 2.03. The van der Waals surface area contributed by atoms with E-state index in [2.05, 4.69) is 25.2 Å². The first kappa shape index (κ1) is 15.1. The molecule has 0 fully saturated rings. The molecule has 0 aromatic heterocycles. The molecule has 2 aromatic rings. The summed E-state index contributed by atoms with van der Waals surface area (Å²) >= 11 is 0. The van der Waals surface area contributed by atoms with E-state index >= 15 is 0 Å². The van der Waals surface area contributed by atoms with Crippen LogP contribution in [0, 0.1) is 6.92 Å². The zero-order chi connectivity index (χ0) is 15.2. The zero-order valence-electron chi connectivity index (χ0n) is 12.7. The van der Waals surface area contributed by atoms with Crippen LogP contribution in [0.2, 0.25) is 0 Å². The number of amides is 1. The molecular weight excluding hydrogens is 262 g/mol. The normalized spacial score (nSPS) is 10.5. The van der Waals surface area contributed by atoms with E-state index in [4.69, 9.17) is 4.74 Å². The van der Waals surface area contributed by atoms with Gasteiger partial charge in [0.05, 0.1) is 0 Å². The lowest BCUT2D eigenvalue weighted by molar-refractivity contribution is -0.118. The van der Waals surface area contributed by atoms with Gasteiger partial charge in [-0.05, 0) is 48.2 Å². The van der Waals surface area contributed by atoms with E-state index in [9.17, 15) is 4.79 Å². The van der Waals surface area contributed by atoms with Gasteiger partial charge < -0.3 is 10.1 Å². The Balaban J connectivity index is 1.90. The first-order chi connectivity index (χ1) is 10.0. The smallest absolute Gasteiger partial charge is 0.262 e. The molecule has 0 bridgehead atoms. The molecule has 0 spiro atoms. The standard InChI is InChI=1S/C18H21NO2/c1-13(2)15-7-5-9-17(11-15)21-12-18(20)19-16-8-4-6-14(3)10-16/h4-11,13H,12H2,1-3H3,(H,19,20). The van der Waals surface area contributed by atoms with Crippen molar-refractivity contribution in [2.24, 2.45) is 0 Å². The van der Waals surface area contributed by atoms with Gasteiger partial charge in [-0.2, -0.15) is 0 Å². The summed E-state index contributed by atoms with van der Waals surface area (Å²) in [5.74, 6) is 1.01. The van der Waals surface area contributed by atoms with Crippen molar-refractivity contribution in [3.8, 4) is 5.75 Å². The van der Waals surface area contributed by atoms with Gasteiger partial charge in [0.15, 0.2) is 6.61 Å². The summed E-state index contributed by atoms with van der Waals surface area (Å²) in [7, 11) is 0. The predicted octanol–water partition coefficient (Wildman–Crippen LogP) is 4.14. The third kappa shape index (κ3) is 4.63. The molecule has 0 aliphatic heterocycles. The second-order valence-corrected chi connectivity index (χ2v) is 5.43. The van der Waals surface area contributed by atoms with Crippen molar-refractivity contribution in [3.63, 3.8) is 0 Å². The molecular formula is C18H21NO2. The molecule has 110 valence electrons. The summed E-state index contributed by atoms with van der Waals surface area (Å²) in [6, 6.07) is 15.5. The van der Waals surface area contributed by atoms with Crippen LogP contribution in [0.15, 0.2) is 48.5 Å². The zero-order valence-corrected chi connectivity index (χ0v) is 12.7. The minimum atomic E-state index is -0.157. The fourth-order valence-corrected chi connectivity index (χ4v) is 2.03. The number of nitrogens with one attached hydrogen (secondary N) is 1. The van der Waals surface area contributed by atoms with E-state index in [1.54, 1.807) is 0 Å². The number of carbonyl (C=O) groups excluding carboxylic acids is 1. The molecule has 0 saturated heterocycles. The van der Waals surface area contributed by atoms with Gasteiger partial charge in [0.25, 0.3) is 5.91 Å². The highest BCUT2D eigenvalue weighted by atomic mass is 16.5. The van der Waals surface area contributed by atoms with E-state index in [0.717, 1.165) is 17.0 Å². The Kier molecular flexibility index (Phi) is 4.99. The van der Waals surface area contributed by atoms with Gasteiger partial charge in [0, 0.05) is 5.69 Å². The minimum absolute atomic E-state index is 0.00942. The Hall–Kier alpha value is -2.29. The van der Waals surface area contributed by atoms with Crippen LogP contribution in [-0.4, -0.2) is 12.5 Å². The SMILES string of the molecule is Cc1cccc(NC(=O)COc2cccc(C(C)C)c2)c1. The monoisotopic (exact) mass is 283 g/mol. The number of hydrogen-bond acceptors (Lipinski definition) is 2. The minimum Gasteiger partial charge on any atom is -0.484 e. The second-order valence-electron chi connectivity index (χ2n) is 5.43. The molecule has 21 heavy (non-hydrogen) atoms. The van der Waals surface area contributed by atoms with Gasteiger partial charge in [-0.25, -0.2) is 0 Å². The Morgan fingerprint density at radius 3 is 2.62 bits per heavy atom. The molecule has 0 aliphatic carbocycles. The maximum atomic E-state index is 11.9. The van der Waals surface area contributed by atoms with Crippen LogP contribution in [0.5, 0.6) is 5.75 Å². The van der Waals surface area contributed by atoms with Crippen molar-refractivity contribution in [1.82, 2.24) is 0 Å². The highest BCUT2D eigenvalue weighted by Gasteiger charge is 2.05. The maximum absolute atomic E-state index is 11.9. The first-order valence-corrected chi connectivity index (χ1v) is 7.14. The van der Waals surface area contributed by atoms with Gasteiger partial charge in [-0.1, -0.05) is 38.1 Å². The van der Waals surface area contributed by atoms with E-state index in [1.165, 1.54) is 5.56 Å². The summed E-state index contributed by atoms with van der Waals surface area (Å²) in [6.07, 6.45) is 0. The highest BCUT2D eigenvalue weighted by Crippen LogP contribution is 2.20. The van der Waals surface area contributed by atoms with E-state index < -0.39 is 0 Å². The van der Waals surface area contributed by atoms with E-state index in [-0.39, 0.29) is 12.5 Å². The summed E-state index contributed by atoms with van der Waals surface area (Å²) in [5, 5.41) is 2.83. The van der Waals surface area contributed by atoms with Crippen LogP contribution in [0.1, 0.15) is 30.9 Å². The number of ether oxygens (including phenoxy) is 1. The Labute approximate surface area is 126 Å². The highest BCUT2D eigenvalue weighted by molar-refractivity contribution is 5.91. The summed E-state index contributed by atoms with van der Waals surface area (Å²) < 4.78 is 5.55. The quantitative estimate of drug-likeness (QED) is 0.895. The van der Waals surface area contributed by atoms with Crippen LogP contribution < -0.4 is 10.1 Å². The molecule has 2 aromatic carbocycles. The molecule has 2 rings (SSSR count). The third-order valence-electron chi connectivity index (χ3n) is 3.20. The number of rotatable bonds is 5. The van der Waals surface area contributed by atoms with Crippen LogP contribution in [0.3, 0.4) is 0 Å². The van der Waals surface area contributed by atoms with Crippen molar-refractivity contribution < 1.29 is 9.53 Å². The molecule has 0 heterocycles. The van der Waals surface area contributed by atoms with E-state index in [1.807, 2.05) is 49.4 Å². The molecule has 0 radical (unpaired) electrons. The number of benzene rings is 2. The molecule has 0 atom stereocenters. The molecule has 1 amide bonds. The summed E-state index contributed by atoms with van der Waals surface area (Å²) in [5.41, 5.74) is 3.10. The Morgan fingerprint density at radius 1 is 1.14 bits per heavy atom. The average molecular weight is 283 g/mol. The van der Waals surface area contributed by atoms with Gasteiger partial charge in [0.2, 0.25) is 0 Å². The van der Waals surface area contributed by atoms with Crippen LogP contribution in [-0.2, 0) is 4.79 Å². The predicted molar refractivity (Wildman–Crippen MR) is 85.8 cm³/mol. The van der Waals surface area contributed by atoms with Gasteiger partial charge in [-0.15, -0.1) is 0 Å². The maximum Gasteiger partial charge on any atom is 0.262 e. The Morgan fingerprint density at radius 2 is 1.90 bits per heavy atom. The van der Waals surface area contributed by atoms with Crippen molar-refractivity contribution in [2.45, 2.75) is 26.7 Å². The van der Waals surface area contributed by atoms with Gasteiger partial charge in [0.1, 0.15) is 5.75 Å². The molecule has 3 nitrogen and oxygen atoms in total. The molecule has 3 heteroatoms. The largest absolute Gasteiger partial charge is 0.484 e. The van der Waals surface area contributed by atoms with Crippen LogP contribution in [0.4, 0.5) is 5.69 Å². The lowest BCUT2D eigenvalue weighted by Crippen LogP contribution is -2.20. The first-order valence-electron chi connectivity index (χ1n) is 7.14. The lowest BCUT2D eigenvalue weighted by Gasteiger charge is -2.10. The molecule has 0 saturated carbocycles. The number of anilines is 1. The Bertz CT molecular complexity index is 620. The van der Waals surface area contributed by atoms with Crippen molar-refractivity contribution in [2.75, 3.05) is 11.9 Å². The molecule has 1 N–H and O–H groups in total. The van der Waals surface area contributed by atoms with Gasteiger partial charge >= 0.3 is 0 Å².